The molecule has 0 spiro atoms. The van der Waals surface area contributed by atoms with Gasteiger partial charge in [0.1, 0.15) is 40.7 Å². The van der Waals surface area contributed by atoms with Crippen molar-refractivity contribution in [1.29, 1.82) is 0 Å². The van der Waals surface area contributed by atoms with Gasteiger partial charge in [-0.05, 0) is 125 Å². The van der Waals surface area contributed by atoms with Gasteiger partial charge in [0.2, 0.25) is 5.91 Å². The molecular weight excluding hydrogens is 921 g/mol. The van der Waals surface area contributed by atoms with Gasteiger partial charge in [-0.3, -0.25) is 29.0 Å². The molecule has 1 fully saturated rings. The molecule has 1 saturated heterocycles. The highest BCUT2D eigenvalue weighted by Crippen LogP contribution is 2.49. The Hall–Kier alpha value is -6.13. The summed E-state index contributed by atoms with van der Waals surface area (Å²) in [4.78, 5) is 70.5. The van der Waals surface area contributed by atoms with Gasteiger partial charge >= 0.3 is 6.09 Å². The summed E-state index contributed by atoms with van der Waals surface area (Å²) in [5.41, 5.74) is 5.47. The van der Waals surface area contributed by atoms with Crippen LogP contribution in [0.15, 0.2) is 58.7 Å². The van der Waals surface area contributed by atoms with Crippen LogP contribution in [0.4, 0.5) is 4.79 Å². The predicted octanol–water partition coefficient (Wildman–Crippen LogP) is 8.27. The summed E-state index contributed by atoms with van der Waals surface area (Å²) in [6.45, 7) is 17.2. The zero-order valence-electron chi connectivity index (χ0n) is 43.4. The van der Waals surface area contributed by atoms with Crippen LogP contribution in [-0.2, 0) is 40.3 Å². The lowest BCUT2D eigenvalue weighted by Gasteiger charge is -2.41. The number of hydrogen-bond acceptors (Lipinski definition) is 12. The Balaban J connectivity index is 1.06. The number of carbonyl (C=O) groups is 5. The second-order valence-corrected chi connectivity index (χ2v) is 21.2. The van der Waals surface area contributed by atoms with Crippen LogP contribution in [0.1, 0.15) is 163 Å². The van der Waals surface area contributed by atoms with Crippen LogP contribution in [0.3, 0.4) is 0 Å². The summed E-state index contributed by atoms with van der Waals surface area (Å²) in [6, 6.07) is 2.90. The van der Waals surface area contributed by atoms with Crippen molar-refractivity contribution in [2.24, 2.45) is 0 Å². The number of phenols is 1. The highest BCUT2D eigenvalue weighted by atomic mass is 16.6. The van der Waals surface area contributed by atoms with Crippen molar-refractivity contribution in [2.75, 3.05) is 26.2 Å². The summed E-state index contributed by atoms with van der Waals surface area (Å²) < 4.78 is 24.9. The molecule has 4 amide bonds. The van der Waals surface area contributed by atoms with Crippen LogP contribution in [0.5, 0.6) is 23.0 Å². The Bertz CT molecular complexity index is 2560. The quantitative estimate of drug-likeness (QED) is 0.0731. The number of amides is 4. The van der Waals surface area contributed by atoms with E-state index in [-0.39, 0.29) is 93.9 Å². The van der Waals surface area contributed by atoms with Crippen LogP contribution in [-0.4, -0.2) is 116 Å². The van der Waals surface area contributed by atoms with E-state index in [1.165, 1.54) is 44.2 Å². The molecule has 390 valence electrons. The normalized spacial score (nSPS) is 23.0. The number of aliphatic hydroxyl groups excluding tert-OH is 2. The Labute approximate surface area is 423 Å². The molecule has 7 rings (SSSR count). The molecule has 2 aromatic carbocycles. The summed E-state index contributed by atoms with van der Waals surface area (Å²) in [7, 11) is 0. The summed E-state index contributed by atoms with van der Waals surface area (Å²) in [5.74, 6) is -0.492. The summed E-state index contributed by atoms with van der Waals surface area (Å²) in [5, 5.41) is 36.8. The highest BCUT2D eigenvalue weighted by Gasteiger charge is 2.47. The van der Waals surface area contributed by atoms with Gasteiger partial charge in [-0.25, -0.2) is 4.79 Å². The van der Waals surface area contributed by atoms with Crippen LogP contribution in [0.25, 0.3) is 0 Å². The minimum atomic E-state index is -1.08. The minimum absolute atomic E-state index is 0.0161. The van der Waals surface area contributed by atoms with E-state index in [2.05, 4.69) is 71.2 Å². The van der Waals surface area contributed by atoms with E-state index in [1.54, 1.807) is 4.90 Å². The first kappa shape index (κ1) is 53.7. The number of hydrogen-bond donors (Lipinski definition) is 4. The molecule has 72 heavy (non-hydrogen) atoms. The fourth-order valence-corrected chi connectivity index (χ4v) is 10.3. The van der Waals surface area contributed by atoms with E-state index in [9.17, 15) is 39.3 Å². The van der Waals surface area contributed by atoms with Gasteiger partial charge in [0.15, 0.2) is 6.23 Å². The molecule has 4 N–H and O–H groups in total. The van der Waals surface area contributed by atoms with Gasteiger partial charge in [0.25, 0.3) is 18.3 Å². The smallest absolute Gasteiger partial charge is 0.415 e. The molecule has 16 nitrogen and oxygen atoms in total. The predicted molar refractivity (Wildman–Crippen MR) is 271 cm³/mol. The molecule has 0 saturated carbocycles. The molecule has 5 heterocycles. The number of rotatable bonds is 20. The molecule has 0 radical (unpaired) electrons. The lowest BCUT2D eigenvalue weighted by Crippen LogP contribution is -2.51. The van der Waals surface area contributed by atoms with Gasteiger partial charge in [-0.2, -0.15) is 0 Å². The van der Waals surface area contributed by atoms with Crippen molar-refractivity contribution in [3.05, 3.63) is 92.1 Å². The van der Waals surface area contributed by atoms with Crippen LogP contribution >= 0.6 is 0 Å². The second-order valence-electron chi connectivity index (χ2n) is 21.2. The number of nitrogens with one attached hydrogen (secondary N) is 1. The van der Waals surface area contributed by atoms with E-state index in [0.717, 1.165) is 25.7 Å². The van der Waals surface area contributed by atoms with Crippen molar-refractivity contribution in [1.82, 2.24) is 20.0 Å². The Morgan fingerprint density at radius 1 is 0.778 bits per heavy atom. The monoisotopic (exact) mass is 995 g/mol. The highest BCUT2D eigenvalue weighted by molar-refractivity contribution is 6.01. The van der Waals surface area contributed by atoms with Gasteiger partial charge in [0, 0.05) is 61.2 Å². The molecule has 2 aromatic rings. The maximum Gasteiger partial charge on any atom is 0.415 e. The molecule has 0 unspecified atom stereocenters. The standard InChI is InChI=1S/C56H74N4O12/c1-34(2)14-9-16-36(5)18-11-21-55(7)46(63)28-40-44(62)26-38-42(50(40)71-55)30-58(52(38)66)24-13-20-49(69-33-61)60-31-43-39(53(60)67)27-45(70-54(68)59-25-23-57-48(65)32-59)41-29-47(64)56(8,72-51(41)43)22-12-19-37(6)17-10-15-35(3)4/h14-15,18-19,26-27,33,46-47,49,62-64H,9-13,16-17,20-25,28-32H2,1-8H3,(H,57,65)/b36-18+,37-19+/t46-,47-,49+,55+,56+/m0/s1. The lowest BCUT2D eigenvalue weighted by atomic mass is 9.84. The topological polar surface area (TPSA) is 205 Å². The van der Waals surface area contributed by atoms with E-state index in [4.69, 9.17) is 18.9 Å². The fourth-order valence-electron chi connectivity index (χ4n) is 10.3. The number of phenolic OH excluding ortho intramolecular Hbond substituents is 1. The van der Waals surface area contributed by atoms with E-state index in [0.29, 0.717) is 71.4 Å². The van der Waals surface area contributed by atoms with Crippen LogP contribution in [0, 0.1) is 0 Å². The molecule has 0 bridgehead atoms. The fraction of sp³-hybridized carbons (Fsp3) is 0.554. The van der Waals surface area contributed by atoms with E-state index in [1.807, 2.05) is 13.8 Å². The third kappa shape index (κ3) is 12.0. The van der Waals surface area contributed by atoms with Crippen molar-refractivity contribution >= 4 is 30.3 Å². The molecule has 5 aliphatic rings. The molecule has 5 aliphatic heterocycles. The maximum atomic E-state index is 14.5. The zero-order valence-corrected chi connectivity index (χ0v) is 43.4. The number of allylic oxidation sites excluding steroid dienone is 8. The Morgan fingerprint density at radius 2 is 1.35 bits per heavy atom. The number of carbonyl (C=O) groups excluding carboxylic acids is 5. The van der Waals surface area contributed by atoms with Gasteiger partial charge in [-0.1, -0.05) is 46.6 Å². The first-order chi connectivity index (χ1) is 34.2. The second kappa shape index (κ2) is 22.7. The summed E-state index contributed by atoms with van der Waals surface area (Å²) >= 11 is 0. The summed E-state index contributed by atoms with van der Waals surface area (Å²) in [6.07, 6.45) is 11.7. The first-order valence-electron chi connectivity index (χ1n) is 25.5. The molecule has 0 aliphatic carbocycles. The molecule has 5 atom stereocenters. The number of fused-ring (bicyclic) bond motifs is 6. The average Bonchev–Trinajstić information content (AvgIpc) is 3.81. The number of aromatic hydroxyl groups is 1. The van der Waals surface area contributed by atoms with Gasteiger partial charge in [0.05, 0.1) is 36.4 Å². The molecular formula is C56H74N4O12. The zero-order chi connectivity index (χ0) is 52.1. The van der Waals surface area contributed by atoms with Crippen molar-refractivity contribution in [2.45, 2.75) is 175 Å². The number of benzene rings is 2. The Kier molecular flexibility index (Phi) is 17.0. The first-order valence-corrected chi connectivity index (χ1v) is 25.5. The SMILES string of the molecule is CC(C)=CCC/C(C)=C/CC[C@@]1(C)Oc2c(c(O)cc3c2CN(CCC[C@@H](OC=O)N2Cc4c(cc(OC(=O)N5CCNC(=O)C5)c5c4O[C@](C)(CC/C=C(\C)CCC=C(C)C)[C@@H](O)C5)C2=O)C3=O)C[C@@H]1O. The van der Waals surface area contributed by atoms with Crippen LogP contribution in [0.2, 0.25) is 0 Å². The van der Waals surface area contributed by atoms with Crippen molar-refractivity contribution in [3.8, 4) is 23.0 Å². The number of aliphatic hydroxyl groups is 2. The van der Waals surface area contributed by atoms with Crippen LogP contribution < -0.4 is 19.5 Å². The third-order valence-electron chi connectivity index (χ3n) is 14.9. The minimum Gasteiger partial charge on any atom is -0.508 e. The number of piperazine rings is 1. The lowest BCUT2D eigenvalue weighted by molar-refractivity contribution is -0.141. The Morgan fingerprint density at radius 3 is 1.93 bits per heavy atom. The van der Waals surface area contributed by atoms with Crippen molar-refractivity contribution in [3.63, 3.8) is 0 Å². The average molecular weight is 995 g/mol. The van der Waals surface area contributed by atoms with Gasteiger partial charge < -0.3 is 44.5 Å². The van der Waals surface area contributed by atoms with Gasteiger partial charge in [-0.15, -0.1) is 0 Å². The van der Waals surface area contributed by atoms with Crippen molar-refractivity contribution < 1.29 is 58.2 Å². The number of nitrogens with zero attached hydrogens (tertiary/aromatic N) is 3. The third-order valence-corrected chi connectivity index (χ3v) is 14.9. The number of ether oxygens (including phenoxy) is 4. The van der Waals surface area contributed by atoms with E-state index >= 15 is 0 Å². The largest absolute Gasteiger partial charge is 0.508 e. The maximum absolute atomic E-state index is 14.5. The molecule has 16 heteroatoms. The van der Waals surface area contributed by atoms with E-state index < -0.39 is 41.6 Å². The molecule has 0 aromatic heterocycles.